The van der Waals surface area contributed by atoms with Crippen molar-refractivity contribution >= 4 is 33.8 Å². The molecule has 1 atom stereocenters. The zero-order chi connectivity index (χ0) is 14.8. The number of fused-ring (bicyclic) bond motifs is 1. The Kier molecular flexibility index (Phi) is 3.80. The van der Waals surface area contributed by atoms with Gasteiger partial charge in [0.1, 0.15) is 0 Å². The molecule has 3 rings (SSSR count). The number of nitrogens with zero attached hydrogens (tertiary/aromatic N) is 1. The number of thiophene rings is 1. The Balaban J connectivity index is 2.09. The average molecular weight is 298 g/mol. The van der Waals surface area contributed by atoms with Crippen LogP contribution in [0, 0.1) is 0 Å². The third-order valence-corrected chi connectivity index (χ3v) is 4.51. The van der Waals surface area contributed by atoms with E-state index in [0.717, 1.165) is 16.6 Å². The van der Waals surface area contributed by atoms with Gasteiger partial charge in [-0.15, -0.1) is 0 Å². The molecule has 0 aliphatic rings. The summed E-state index contributed by atoms with van der Waals surface area (Å²) in [4.78, 5) is 17.7. The van der Waals surface area contributed by atoms with Crippen LogP contribution in [-0.4, -0.2) is 10.9 Å². The van der Waals surface area contributed by atoms with Crippen LogP contribution in [0.15, 0.2) is 47.3 Å². The largest absolute Gasteiger partial charge is 0.359 e. The van der Waals surface area contributed by atoms with Gasteiger partial charge in [-0.1, -0.05) is 25.1 Å². The number of rotatable bonds is 4. The Morgan fingerprint density at radius 3 is 2.86 bits per heavy atom. The fraction of sp³-hybridized carbons (Fsp3) is 0.235. The van der Waals surface area contributed by atoms with E-state index < -0.39 is 0 Å². The van der Waals surface area contributed by atoms with Gasteiger partial charge in [-0.25, -0.2) is 0 Å². The topological polar surface area (TPSA) is 36.1 Å². The van der Waals surface area contributed by atoms with Crippen molar-refractivity contribution in [2.75, 3.05) is 4.90 Å². The van der Waals surface area contributed by atoms with Crippen molar-refractivity contribution in [2.45, 2.75) is 26.3 Å². The van der Waals surface area contributed by atoms with Gasteiger partial charge in [0.25, 0.3) is 0 Å². The SMILES string of the molecule is CCC(=O)N(c1c[nH]c2ccccc12)C(C)c1ccsc1. The molecule has 0 fully saturated rings. The number of carbonyl (C=O) groups is 1. The Bertz CT molecular complexity index is 745. The molecule has 1 amide bonds. The van der Waals surface area contributed by atoms with Crippen LogP contribution in [0.1, 0.15) is 31.9 Å². The van der Waals surface area contributed by atoms with E-state index in [4.69, 9.17) is 0 Å². The van der Waals surface area contributed by atoms with Gasteiger partial charge >= 0.3 is 0 Å². The molecule has 2 aromatic heterocycles. The summed E-state index contributed by atoms with van der Waals surface area (Å²) in [6, 6.07) is 10.2. The molecule has 0 spiro atoms. The summed E-state index contributed by atoms with van der Waals surface area (Å²) in [5.74, 6) is 0.137. The number of amides is 1. The fourth-order valence-electron chi connectivity index (χ4n) is 2.65. The summed E-state index contributed by atoms with van der Waals surface area (Å²) in [7, 11) is 0. The van der Waals surface area contributed by atoms with Crippen LogP contribution >= 0.6 is 11.3 Å². The average Bonchev–Trinajstić information content (AvgIpc) is 3.17. The second-order valence-corrected chi connectivity index (χ2v) is 5.85. The highest BCUT2D eigenvalue weighted by molar-refractivity contribution is 7.08. The number of benzene rings is 1. The monoisotopic (exact) mass is 298 g/mol. The minimum absolute atomic E-state index is 0.0305. The Labute approximate surface area is 128 Å². The van der Waals surface area contributed by atoms with E-state index in [1.54, 1.807) is 11.3 Å². The van der Waals surface area contributed by atoms with Gasteiger partial charge < -0.3 is 9.88 Å². The smallest absolute Gasteiger partial charge is 0.227 e. The number of hydrogen-bond acceptors (Lipinski definition) is 2. The third-order valence-electron chi connectivity index (χ3n) is 3.81. The maximum absolute atomic E-state index is 12.5. The molecule has 0 aliphatic carbocycles. The van der Waals surface area contributed by atoms with Crippen LogP contribution in [0.3, 0.4) is 0 Å². The summed E-state index contributed by atoms with van der Waals surface area (Å²) in [5, 5.41) is 5.24. The molecule has 1 aromatic carbocycles. The molecule has 21 heavy (non-hydrogen) atoms. The van der Waals surface area contributed by atoms with Crippen molar-refractivity contribution in [3.8, 4) is 0 Å². The summed E-state index contributed by atoms with van der Waals surface area (Å²) in [5.41, 5.74) is 3.18. The van der Waals surface area contributed by atoms with Gasteiger partial charge in [-0.3, -0.25) is 4.79 Å². The molecule has 1 N–H and O–H groups in total. The van der Waals surface area contributed by atoms with Crippen LogP contribution in [-0.2, 0) is 4.79 Å². The van der Waals surface area contributed by atoms with Crippen LogP contribution in [0.5, 0.6) is 0 Å². The second kappa shape index (κ2) is 5.74. The number of aromatic amines is 1. The number of nitrogens with one attached hydrogen (secondary N) is 1. The van der Waals surface area contributed by atoms with Crippen molar-refractivity contribution in [3.05, 3.63) is 52.9 Å². The molecule has 4 heteroatoms. The van der Waals surface area contributed by atoms with Gasteiger partial charge in [0.05, 0.1) is 11.7 Å². The Hall–Kier alpha value is -2.07. The number of para-hydroxylation sites is 1. The summed E-state index contributed by atoms with van der Waals surface area (Å²) >= 11 is 1.66. The highest BCUT2D eigenvalue weighted by Gasteiger charge is 2.24. The molecule has 0 radical (unpaired) electrons. The number of anilines is 1. The molecule has 1 unspecified atom stereocenters. The van der Waals surface area contributed by atoms with Crippen LogP contribution in [0.2, 0.25) is 0 Å². The zero-order valence-corrected chi connectivity index (χ0v) is 13.0. The first kappa shape index (κ1) is 13.9. The molecule has 3 aromatic rings. The number of carbonyl (C=O) groups excluding carboxylic acids is 1. The predicted octanol–water partition coefficient (Wildman–Crippen LogP) is 4.73. The Morgan fingerprint density at radius 2 is 2.14 bits per heavy atom. The van der Waals surface area contributed by atoms with E-state index in [0.29, 0.717) is 6.42 Å². The second-order valence-electron chi connectivity index (χ2n) is 5.07. The van der Waals surface area contributed by atoms with Gasteiger partial charge in [0.15, 0.2) is 0 Å². The van der Waals surface area contributed by atoms with Crippen molar-refractivity contribution in [1.29, 1.82) is 0 Å². The Morgan fingerprint density at radius 1 is 1.33 bits per heavy atom. The van der Waals surface area contributed by atoms with Crippen molar-refractivity contribution in [2.24, 2.45) is 0 Å². The van der Waals surface area contributed by atoms with Gasteiger partial charge in [0.2, 0.25) is 5.91 Å². The molecule has 3 nitrogen and oxygen atoms in total. The first-order chi connectivity index (χ1) is 10.2. The van der Waals surface area contributed by atoms with Crippen molar-refractivity contribution in [3.63, 3.8) is 0 Å². The molecular weight excluding hydrogens is 280 g/mol. The highest BCUT2D eigenvalue weighted by Crippen LogP contribution is 2.34. The highest BCUT2D eigenvalue weighted by atomic mass is 32.1. The summed E-state index contributed by atoms with van der Waals surface area (Å²) < 4.78 is 0. The lowest BCUT2D eigenvalue weighted by Crippen LogP contribution is -2.32. The molecule has 108 valence electrons. The van der Waals surface area contributed by atoms with Crippen molar-refractivity contribution < 1.29 is 4.79 Å². The van der Waals surface area contributed by atoms with Crippen molar-refractivity contribution in [1.82, 2.24) is 4.98 Å². The molecule has 0 saturated carbocycles. The minimum Gasteiger partial charge on any atom is -0.359 e. The number of H-pyrrole nitrogens is 1. The molecule has 0 aliphatic heterocycles. The van der Waals surface area contributed by atoms with E-state index in [2.05, 4.69) is 34.8 Å². The molecule has 0 bridgehead atoms. The quantitative estimate of drug-likeness (QED) is 0.742. The van der Waals surface area contributed by atoms with Crippen LogP contribution < -0.4 is 4.90 Å². The van der Waals surface area contributed by atoms with E-state index in [-0.39, 0.29) is 11.9 Å². The summed E-state index contributed by atoms with van der Waals surface area (Å²) in [6.07, 6.45) is 2.43. The van der Waals surface area contributed by atoms with E-state index in [9.17, 15) is 4.79 Å². The standard InChI is InChI=1S/C17H18N2OS/c1-3-17(20)19(12(2)13-8-9-21-11-13)16-10-18-15-7-5-4-6-14(15)16/h4-12,18H,3H2,1-2H3. The van der Waals surface area contributed by atoms with E-state index in [1.165, 1.54) is 5.56 Å². The van der Waals surface area contributed by atoms with Gasteiger partial charge in [-0.2, -0.15) is 11.3 Å². The van der Waals surface area contributed by atoms with E-state index in [1.807, 2.05) is 36.2 Å². The lowest BCUT2D eigenvalue weighted by Gasteiger charge is -2.28. The molecule has 0 saturated heterocycles. The normalized spacial score (nSPS) is 12.5. The van der Waals surface area contributed by atoms with Crippen LogP contribution in [0.4, 0.5) is 5.69 Å². The summed E-state index contributed by atoms with van der Waals surface area (Å²) in [6.45, 7) is 3.99. The third kappa shape index (κ3) is 2.47. The number of aromatic nitrogens is 1. The number of hydrogen-bond donors (Lipinski definition) is 1. The molecular formula is C17H18N2OS. The van der Waals surface area contributed by atoms with E-state index >= 15 is 0 Å². The first-order valence-corrected chi connectivity index (χ1v) is 8.07. The minimum atomic E-state index is 0.0305. The maximum atomic E-state index is 12.5. The zero-order valence-electron chi connectivity index (χ0n) is 12.2. The van der Waals surface area contributed by atoms with Gasteiger partial charge in [-0.05, 0) is 35.4 Å². The predicted molar refractivity (Wildman–Crippen MR) is 88.8 cm³/mol. The van der Waals surface area contributed by atoms with Gasteiger partial charge in [0, 0.05) is 23.5 Å². The molecule has 2 heterocycles. The first-order valence-electron chi connectivity index (χ1n) is 7.12. The lowest BCUT2D eigenvalue weighted by molar-refractivity contribution is -0.118. The fourth-order valence-corrected chi connectivity index (χ4v) is 3.39. The lowest BCUT2D eigenvalue weighted by atomic mass is 10.1. The maximum Gasteiger partial charge on any atom is 0.227 e. The van der Waals surface area contributed by atoms with Crippen LogP contribution in [0.25, 0.3) is 10.9 Å².